The number of aliphatic carboxylic acids is 1. The van der Waals surface area contributed by atoms with Crippen LogP contribution in [-0.4, -0.2) is 35.6 Å². The van der Waals surface area contributed by atoms with Crippen molar-refractivity contribution in [2.45, 2.75) is 19.3 Å². The maximum atomic E-state index is 10.5. The molecule has 1 aliphatic rings. The minimum Gasteiger partial charge on any atom is -0.481 e. The van der Waals surface area contributed by atoms with Gasteiger partial charge in [0.25, 0.3) is 0 Å². The third-order valence-corrected chi connectivity index (χ3v) is 2.80. The molecule has 0 aliphatic carbocycles. The molecular weight excluding hydrogens is 202 g/mol. The molecule has 80 valence electrons. The molecule has 0 unspecified atom stereocenters. The number of halogens is 1. The molecular formula is C10H16ClNO2. The van der Waals surface area contributed by atoms with Crippen molar-refractivity contribution < 1.29 is 9.90 Å². The summed E-state index contributed by atoms with van der Waals surface area (Å²) in [4.78, 5) is 12.8. The van der Waals surface area contributed by atoms with Crippen LogP contribution >= 0.6 is 11.6 Å². The average molecular weight is 218 g/mol. The summed E-state index contributed by atoms with van der Waals surface area (Å²) in [5.74, 6) is -0.312. The molecule has 1 saturated heterocycles. The lowest BCUT2D eigenvalue weighted by Crippen LogP contribution is -2.34. The minimum atomic E-state index is -0.677. The quantitative estimate of drug-likeness (QED) is 0.782. The number of likely N-dealkylation sites (tertiary alicyclic amines) is 1. The monoisotopic (exact) mass is 217 g/mol. The highest BCUT2D eigenvalue weighted by Gasteiger charge is 2.20. The van der Waals surface area contributed by atoms with Crippen LogP contribution in [0.25, 0.3) is 0 Å². The van der Waals surface area contributed by atoms with Gasteiger partial charge in [0.2, 0.25) is 0 Å². The Balaban J connectivity index is 2.20. The lowest BCUT2D eigenvalue weighted by Gasteiger charge is -2.30. The molecule has 0 aromatic carbocycles. The van der Waals surface area contributed by atoms with Crippen LogP contribution in [-0.2, 0) is 4.79 Å². The first-order valence-corrected chi connectivity index (χ1v) is 5.35. The van der Waals surface area contributed by atoms with Crippen molar-refractivity contribution in [1.29, 1.82) is 0 Å². The normalized spacial score (nSPS) is 20.4. The molecule has 0 saturated carbocycles. The van der Waals surface area contributed by atoms with E-state index in [1.165, 1.54) is 5.54 Å². The molecule has 1 heterocycles. The molecule has 0 aromatic rings. The largest absolute Gasteiger partial charge is 0.481 e. The molecule has 0 amide bonds. The van der Waals surface area contributed by atoms with Gasteiger partial charge in [0.1, 0.15) is 0 Å². The molecule has 1 rings (SSSR count). The third kappa shape index (κ3) is 4.11. The third-order valence-electron chi connectivity index (χ3n) is 2.62. The maximum Gasteiger partial charge on any atom is 0.303 e. The Morgan fingerprint density at radius 3 is 2.64 bits per heavy atom. The second-order valence-electron chi connectivity index (χ2n) is 3.70. The Morgan fingerprint density at radius 1 is 1.50 bits per heavy atom. The van der Waals surface area contributed by atoms with Gasteiger partial charge < -0.3 is 5.11 Å². The summed E-state index contributed by atoms with van der Waals surface area (Å²) in [6.07, 6.45) is 4.21. The first-order valence-electron chi connectivity index (χ1n) is 4.91. The van der Waals surface area contributed by atoms with Gasteiger partial charge in [0.05, 0.1) is 0 Å². The number of piperidine rings is 1. The van der Waals surface area contributed by atoms with Crippen molar-refractivity contribution in [2.24, 2.45) is 5.92 Å². The second-order valence-corrected chi connectivity index (χ2v) is 3.96. The highest BCUT2D eigenvalue weighted by atomic mass is 35.5. The zero-order valence-electron chi connectivity index (χ0n) is 8.16. The molecule has 1 aliphatic heterocycles. The average Bonchev–Trinajstić information content (AvgIpc) is 2.16. The van der Waals surface area contributed by atoms with E-state index in [1.54, 1.807) is 0 Å². The SMILES string of the molecule is O=C(O)CC1CCN(CC=CCl)CC1. The number of carboxylic acid groups (broad SMARTS) is 1. The molecule has 0 aromatic heterocycles. The van der Waals surface area contributed by atoms with Crippen LogP contribution in [0.3, 0.4) is 0 Å². The fourth-order valence-electron chi connectivity index (χ4n) is 1.81. The van der Waals surface area contributed by atoms with Gasteiger partial charge in [0.15, 0.2) is 0 Å². The number of hydrogen-bond donors (Lipinski definition) is 1. The van der Waals surface area contributed by atoms with E-state index in [9.17, 15) is 4.79 Å². The Hall–Kier alpha value is -0.540. The van der Waals surface area contributed by atoms with Gasteiger partial charge in [-0.2, -0.15) is 0 Å². The van der Waals surface area contributed by atoms with Crippen molar-refractivity contribution in [3.63, 3.8) is 0 Å². The first kappa shape index (κ1) is 11.5. The molecule has 1 fully saturated rings. The second kappa shape index (κ2) is 6.04. The van der Waals surface area contributed by atoms with Gasteiger partial charge in [-0.15, -0.1) is 0 Å². The Kier molecular flexibility index (Phi) is 4.98. The summed E-state index contributed by atoms with van der Waals surface area (Å²) in [6, 6.07) is 0. The Labute approximate surface area is 89.3 Å². The van der Waals surface area contributed by atoms with Gasteiger partial charge in [-0.3, -0.25) is 9.69 Å². The number of hydrogen-bond acceptors (Lipinski definition) is 2. The van der Waals surface area contributed by atoms with Gasteiger partial charge in [-0.1, -0.05) is 17.7 Å². The molecule has 0 spiro atoms. The van der Waals surface area contributed by atoms with Gasteiger partial charge in [0, 0.05) is 18.5 Å². The van der Waals surface area contributed by atoms with E-state index in [0.717, 1.165) is 32.5 Å². The van der Waals surface area contributed by atoms with E-state index in [0.29, 0.717) is 12.3 Å². The highest BCUT2D eigenvalue weighted by molar-refractivity contribution is 6.25. The summed E-state index contributed by atoms with van der Waals surface area (Å²) in [5.41, 5.74) is 1.53. The zero-order valence-corrected chi connectivity index (χ0v) is 8.91. The standard InChI is InChI=1S/C10H16ClNO2/c11-4-1-5-12-6-2-9(3-7-12)8-10(13)14/h1,4,9H,2-3,5-8H2,(H,13,14). The van der Waals surface area contributed by atoms with E-state index >= 15 is 0 Å². The van der Waals surface area contributed by atoms with Gasteiger partial charge in [-0.05, 0) is 31.8 Å². The highest BCUT2D eigenvalue weighted by Crippen LogP contribution is 2.20. The summed E-state index contributed by atoms with van der Waals surface area (Å²) >= 11 is 5.43. The molecule has 0 atom stereocenters. The molecule has 14 heavy (non-hydrogen) atoms. The van der Waals surface area contributed by atoms with Crippen molar-refractivity contribution in [3.05, 3.63) is 11.6 Å². The van der Waals surface area contributed by atoms with Crippen molar-refractivity contribution in [1.82, 2.24) is 4.90 Å². The number of nitrogens with zero attached hydrogens (tertiary/aromatic N) is 1. The summed E-state index contributed by atoms with van der Waals surface area (Å²) in [5, 5.41) is 8.63. The van der Waals surface area contributed by atoms with Crippen LogP contribution in [0.5, 0.6) is 0 Å². The van der Waals surface area contributed by atoms with E-state index in [-0.39, 0.29) is 0 Å². The fourth-order valence-corrected chi connectivity index (χ4v) is 1.89. The van der Waals surface area contributed by atoms with E-state index < -0.39 is 5.97 Å². The van der Waals surface area contributed by atoms with Crippen LogP contribution in [0, 0.1) is 5.92 Å². The Bertz CT molecular complexity index is 210. The van der Waals surface area contributed by atoms with Crippen molar-refractivity contribution in [3.8, 4) is 0 Å². The predicted octanol–water partition coefficient (Wildman–Crippen LogP) is 1.93. The summed E-state index contributed by atoms with van der Waals surface area (Å²) in [6.45, 7) is 2.85. The van der Waals surface area contributed by atoms with Crippen LogP contribution in [0.1, 0.15) is 19.3 Å². The topological polar surface area (TPSA) is 40.5 Å². The Morgan fingerprint density at radius 2 is 2.14 bits per heavy atom. The number of carbonyl (C=O) groups is 1. The van der Waals surface area contributed by atoms with Crippen molar-refractivity contribution in [2.75, 3.05) is 19.6 Å². The van der Waals surface area contributed by atoms with Crippen molar-refractivity contribution >= 4 is 17.6 Å². The molecule has 4 heteroatoms. The van der Waals surface area contributed by atoms with Crippen LogP contribution in [0.4, 0.5) is 0 Å². The number of rotatable bonds is 4. The lowest BCUT2D eigenvalue weighted by atomic mass is 9.94. The zero-order chi connectivity index (χ0) is 10.4. The molecule has 1 N–H and O–H groups in total. The van der Waals surface area contributed by atoms with Crippen LogP contribution in [0.2, 0.25) is 0 Å². The summed E-state index contributed by atoms with van der Waals surface area (Å²) in [7, 11) is 0. The van der Waals surface area contributed by atoms with E-state index in [2.05, 4.69) is 4.90 Å². The van der Waals surface area contributed by atoms with E-state index in [1.807, 2.05) is 6.08 Å². The van der Waals surface area contributed by atoms with Gasteiger partial charge in [-0.25, -0.2) is 0 Å². The predicted molar refractivity (Wildman–Crippen MR) is 56.4 cm³/mol. The first-order chi connectivity index (χ1) is 6.72. The van der Waals surface area contributed by atoms with Crippen LogP contribution in [0.15, 0.2) is 11.6 Å². The van der Waals surface area contributed by atoms with Crippen LogP contribution < -0.4 is 0 Å². The minimum absolute atomic E-state index is 0.319. The lowest BCUT2D eigenvalue weighted by molar-refractivity contribution is -0.138. The smallest absolute Gasteiger partial charge is 0.303 e. The molecule has 0 radical (unpaired) electrons. The van der Waals surface area contributed by atoms with E-state index in [4.69, 9.17) is 16.7 Å². The maximum absolute atomic E-state index is 10.5. The van der Waals surface area contributed by atoms with Gasteiger partial charge >= 0.3 is 5.97 Å². The molecule has 0 bridgehead atoms. The summed E-state index contributed by atoms with van der Waals surface area (Å²) < 4.78 is 0. The number of carboxylic acids is 1. The molecule has 3 nitrogen and oxygen atoms in total. The fraction of sp³-hybridized carbons (Fsp3) is 0.700.